The number of likely N-dealkylation sites (tertiary alicyclic amines) is 1. The van der Waals surface area contributed by atoms with E-state index >= 15 is 0 Å². The van der Waals surface area contributed by atoms with Gasteiger partial charge in [-0.3, -0.25) is 0 Å². The van der Waals surface area contributed by atoms with Gasteiger partial charge in [-0.2, -0.15) is 0 Å². The predicted molar refractivity (Wildman–Crippen MR) is 90.5 cm³/mol. The maximum atomic E-state index is 6.14. The summed E-state index contributed by atoms with van der Waals surface area (Å²) in [6, 6.07) is 10.8. The van der Waals surface area contributed by atoms with Crippen LogP contribution in [0.5, 0.6) is 0 Å². The molecule has 0 aliphatic carbocycles. The zero-order valence-electron chi connectivity index (χ0n) is 13.7. The fraction of sp³-hybridized carbons (Fsp3) is 0.667. The second kappa shape index (κ2) is 7.92. The molecule has 0 atom stereocenters. The van der Waals surface area contributed by atoms with E-state index in [0.717, 1.165) is 19.5 Å². The normalized spacial score (nSPS) is 19.0. The molecule has 0 amide bonds. The van der Waals surface area contributed by atoms with E-state index < -0.39 is 0 Å². The Balaban J connectivity index is 1.80. The Bertz CT molecular complexity index is 394. The van der Waals surface area contributed by atoms with Crippen molar-refractivity contribution >= 4 is 0 Å². The van der Waals surface area contributed by atoms with E-state index in [9.17, 15) is 0 Å². The summed E-state index contributed by atoms with van der Waals surface area (Å²) < 4.78 is 0. The van der Waals surface area contributed by atoms with Crippen molar-refractivity contribution in [3.8, 4) is 0 Å². The molecule has 2 N–H and O–H groups in total. The van der Waals surface area contributed by atoms with Gasteiger partial charge in [-0.25, -0.2) is 0 Å². The number of nitrogens with two attached hydrogens (primary N) is 1. The van der Waals surface area contributed by atoms with Crippen molar-refractivity contribution in [1.82, 2.24) is 9.80 Å². The lowest BCUT2D eigenvalue weighted by molar-refractivity contribution is 0.0968. The van der Waals surface area contributed by atoms with Crippen LogP contribution in [0.4, 0.5) is 0 Å². The van der Waals surface area contributed by atoms with Gasteiger partial charge in [0.1, 0.15) is 0 Å². The molecule has 0 spiro atoms. The van der Waals surface area contributed by atoms with Crippen molar-refractivity contribution in [1.29, 1.82) is 0 Å². The molecule has 0 saturated carbocycles. The van der Waals surface area contributed by atoms with E-state index in [1.165, 1.54) is 44.5 Å². The minimum atomic E-state index is 0.366. The van der Waals surface area contributed by atoms with Crippen LogP contribution < -0.4 is 5.73 Å². The third kappa shape index (κ3) is 5.10. The summed E-state index contributed by atoms with van der Waals surface area (Å²) in [5.74, 6) is 0. The molecule has 21 heavy (non-hydrogen) atoms. The molecule has 0 unspecified atom stereocenters. The van der Waals surface area contributed by atoms with Gasteiger partial charge in [0.2, 0.25) is 0 Å². The minimum Gasteiger partial charge on any atom is -0.330 e. The molecule has 0 aromatic heterocycles. The Labute approximate surface area is 130 Å². The summed E-state index contributed by atoms with van der Waals surface area (Å²) in [7, 11) is 4.29. The van der Waals surface area contributed by atoms with Crippen LogP contribution in [0.2, 0.25) is 0 Å². The van der Waals surface area contributed by atoms with Crippen molar-refractivity contribution in [3.05, 3.63) is 35.9 Å². The van der Waals surface area contributed by atoms with Crippen LogP contribution in [0.3, 0.4) is 0 Å². The molecule has 3 heteroatoms. The van der Waals surface area contributed by atoms with Crippen LogP contribution in [0.15, 0.2) is 30.3 Å². The number of hydrogen-bond donors (Lipinski definition) is 1. The Morgan fingerprint density at radius 3 is 2.38 bits per heavy atom. The molecule has 1 saturated heterocycles. The van der Waals surface area contributed by atoms with Crippen LogP contribution in [-0.4, -0.2) is 56.6 Å². The van der Waals surface area contributed by atoms with E-state index in [1.807, 2.05) is 0 Å². The first-order valence-corrected chi connectivity index (χ1v) is 8.25. The van der Waals surface area contributed by atoms with Crippen LogP contribution in [0, 0.1) is 5.41 Å². The highest BCUT2D eigenvalue weighted by atomic mass is 15.2. The Morgan fingerprint density at radius 2 is 1.81 bits per heavy atom. The highest BCUT2D eigenvalue weighted by Crippen LogP contribution is 2.35. The minimum absolute atomic E-state index is 0.366. The molecule has 118 valence electrons. The summed E-state index contributed by atoms with van der Waals surface area (Å²) in [5.41, 5.74) is 7.95. The smallest absolute Gasteiger partial charge is 0.0109 e. The topological polar surface area (TPSA) is 32.5 Å². The lowest BCUT2D eigenvalue weighted by atomic mass is 9.74. The van der Waals surface area contributed by atoms with Gasteiger partial charge in [0.05, 0.1) is 0 Å². The number of likely N-dealkylation sites (N-methyl/N-ethyl adjacent to an activating group) is 1. The van der Waals surface area contributed by atoms with Crippen molar-refractivity contribution in [2.45, 2.75) is 25.7 Å². The van der Waals surface area contributed by atoms with Crippen molar-refractivity contribution in [2.24, 2.45) is 11.1 Å². The van der Waals surface area contributed by atoms with Crippen molar-refractivity contribution in [3.63, 3.8) is 0 Å². The largest absolute Gasteiger partial charge is 0.330 e. The summed E-state index contributed by atoms with van der Waals surface area (Å²) in [5, 5.41) is 0. The highest BCUT2D eigenvalue weighted by Gasteiger charge is 2.32. The van der Waals surface area contributed by atoms with Gasteiger partial charge in [-0.05, 0) is 70.4 Å². The van der Waals surface area contributed by atoms with Crippen molar-refractivity contribution in [2.75, 3.05) is 46.8 Å². The molecule has 1 aromatic carbocycles. The fourth-order valence-corrected chi connectivity index (χ4v) is 3.20. The third-order valence-corrected chi connectivity index (χ3v) is 5.00. The Kier molecular flexibility index (Phi) is 6.22. The van der Waals surface area contributed by atoms with Gasteiger partial charge in [-0.15, -0.1) is 0 Å². The first kappa shape index (κ1) is 16.5. The highest BCUT2D eigenvalue weighted by molar-refractivity contribution is 5.15. The van der Waals surface area contributed by atoms with Gasteiger partial charge in [0.15, 0.2) is 0 Å². The van der Waals surface area contributed by atoms with Gasteiger partial charge in [0, 0.05) is 13.1 Å². The number of rotatable bonds is 7. The summed E-state index contributed by atoms with van der Waals surface area (Å²) >= 11 is 0. The first-order chi connectivity index (χ1) is 10.1. The number of hydrogen-bond acceptors (Lipinski definition) is 3. The van der Waals surface area contributed by atoms with E-state index in [0.29, 0.717) is 5.41 Å². The molecular formula is C18H31N3. The van der Waals surface area contributed by atoms with Gasteiger partial charge in [0.25, 0.3) is 0 Å². The molecular weight excluding hydrogens is 258 g/mol. The van der Waals surface area contributed by atoms with E-state index in [-0.39, 0.29) is 0 Å². The average Bonchev–Trinajstić information content (AvgIpc) is 2.53. The maximum Gasteiger partial charge on any atom is 0.0109 e. The van der Waals surface area contributed by atoms with E-state index in [2.05, 4.69) is 54.2 Å². The van der Waals surface area contributed by atoms with Gasteiger partial charge >= 0.3 is 0 Å². The Morgan fingerprint density at radius 1 is 1.14 bits per heavy atom. The van der Waals surface area contributed by atoms with Gasteiger partial charge < -0.3 is 15.5 Å². The standard InChI is InChI=1S/C18H31N3/c1-20(2)14-15-21-12-10-18(16-19,11-13-21)9-8-17-6-4-3-5-7-17/h3-7H,8-16,19H2,1-2H3. The summed E-state index contributed by atoms with van der Waals surface area (Å²) in [6.07, 6.45) is 4.90. The second-order valence-electron chi connectivity index (χ2n) is 6.83. The number of benzene rings is 1. The van der Waals surface area contributed by atoms with Gasteiger partial charge in [-0.1, -0.05) is 30.3 Å². The zero-order chi connectivity index (χ0) is 15.1. The number of piperidine rings is 1. The molecule has 1 aliphatic rings. The summed E-state index contributed by atoms with van der Waals surface area (Å²) in [6.45, 7) is 5.59. The monoisotopic (exact) mass is 289 g/mol. The molecule has 0 bridgehead atoms. The third-order valence-electron chi connectivity index (χ3n) is 5.00. The van der Waals surface area contributed by atoms with Crippen LogP contribution in [0.1, 0.15) is 24.8 Å². The molecule has 1 aromatic rings. The SMILES string of the molecule is CN(C)CCN1CCC(CN)(CCc2ccccc2)CC1. The van der Waals surface area contributed by atoms with Crippen LogP contribution in [0.25, 0.3) is 0 Å². The number of aryl methyl sites for hydroxylation is 1. The molecule has 1 aliphatic heterocycles. The van der Waals surface area contributed by atoms with Crippen LogP contribution >= 0.6 is 0 Å². The molecule has 2 rings (SSSR count). The number of nitrogens with zero attached hydrogens (tertiary/aromatic N) is 2. The summed E-state index contributed by atoms with van der Waals surface area (Å²) in [4.78, 5) is 4.86. The predicted octanol–water partition coefficient (Wildman–Crippen LogP) is 2.22. The molecule has 3 nitrogen and oxygen atoms in total. The fourth-order valence-electron chi connectivity index (χ4n) is 3.20. The molecule has 0 radical (unpaired) electrons. The van der Waals surface area contributed by atoms with E-state index in [1.54, 1.807) is 0 Å². The van der Waals surface area contributed by atoms with Crippen LogP contribution in [-0.2, 0) is 6.42 Å². The zero-order valence-corrected chi connectivity index (χ0v) is 13.7. The second-order valence-corrected chi connectivity index (χ2v) is 6.83. The molecule has 1 fully saturated rings. The lowest BCUT2D eigenvalue weighted by Crippen LogP contribution is -2.45. The average molecular weight is 289 g/mol. The Hall–Kier alpha value is -0.900. The maximum absolute atomic E-state index is 6.14. The van der Waals surface area contributed by atoms with E-state index in [4.69, 9.17) is 5.73 Å². The lowest BCUT2D eigenvalue weighted by Gasteiger charge is -2.41. The van der Waals surface area contributed by atoms with Crippen molar-refractivity contribution < 1.29 is 0 Å². The first-order valence-electron chi connectivity index (χ1n) is 8.25. The molecule has 1 heterocycles. The quantitative estimate of drug-likeness (QED) is 0.835.